The van der Waals surface area contributed by atoms with Crippen LogP contribution < -0.4 is 10.0 Å². The van der Waals surface area contributed by atoms with E-state index in [2.05, 4.69) is 10.0 Å². The van der Waals surface area contributed by atoms with Gasteiger partial charge in [0.15, 0.2) is 0 Å². The van der Waals surface area contributed by atoms with Crippen LogP contribution in [0, 0.1) is 0 Å². The summed E-state index contributed by atoms with van der Waals surface area (Å²) in [6, 6.07) is 9.68. The lowest BCUT2D eigenvalue weighted by atomic mass is 10.1. The Kier molecular flexibility index (Phi) is 8.35. The zero-order valence-corrected chi connectivity index (χ0v) is 17.4. The van der Waals surface area contributed by atoms with Crippen LogP contribution in [0.3, 0.4) is 0 Å². The third-order valence-electron chi connectivity index (χ3n) is 4.31. The first-order valence-electron chi connectivity index (χ1n) is 9.50. The van der Waals surface area contributed by atoms with Crippen molar-refractivity contribution in [3.05, 3.63) is 48.6 Å². The summed E-state index contributed by atoms with van der Waals surface area (Å²) in [5.41, 5.74) is 0.539. The fourth-order valence-electron chi connectivity index (χ4n) is 3.07. The van der Waals surface area contributed by atoms with Crippen molar-refractivity contribution in [2.75, 3.05) is 11.9 Å². The monoisotopic (exact) mass is 418 g/mol. The van der Waals surface area contributed by atoms with Crippen LogP contribution in [0.25, 0.3) is 10.8 Å². The van der Waals surface area contributed by atoms with E-state index in [0.717, 1.165) is 6.42 Å². The number of esters is 1. The third-order valence-corrected chi connectivity index (χ3v) is 5.89. The molecule has 0 heterocycles. The maximum atomic E-state index is 13.1. The minimum atomic E-state index is -3.82. The van der Waals surface area contributed by atoms with Gasteiger partial charge in [0, 0.05) is 28.6 Å². The van der Waals surface area contributed by atoms with E-state index >= 15 is 0 Å². The maximum absolute atomic E-state index is 13.1. The molecule has 1 unspecified atom stereocenters. The molecule has 0 aliphatic rings. The number of hydrogen-bond donors (Lipinski definition) is 2. The Hall–Kier alpha value is -2.71. The van der Waals surface area contributed by atoms with Gasteiger partial charge in [0.2, 0.25) is 16.4 Å². The van der Waals surface area contributed by atoms with Crippen molar-refractivity contribution in [1.82, 2.24) is 4.72 Å². The minimum Gasteiger partial charge on any atom is -0.463 e. The van der Waals surface area contributed by atoms with Gasteiger partial charge in [-0.2, -0.15) is 0 Å². The lowest BCUT2D eigenvalue weighted by Crippen LogP contribution is -2.34. The second kappa shape index (κ2) is 10.7. The number of nitrogens with one attached hydrogen (secondary N) is 2. The number of fused-ring (bicyclic) bond motifs is 1. The Bertz CT molecular complexity index is 986. The van der Waals surface area contributed by atoms with E-state index in [1.54, 1.807) is 43.3 Å². The summed E-state index contributed by atoms with van der Waals surface area (Å²) in [5.74, 6) is -0.449. The predicted octanol–water partition coefficient (Wildman–Crippen LogP) is 3.36. The second-order valence-electron chi connectivity index (χ2n) is 6.42. The van der Waals surface area contributed by atoms with E-state index in [1.807, 2.05) is 6.92 Å². The summed E-state index contributed by atoms with van der Waals surface area (Å²) in [6.07, 6.45) is 5.26. The van der Waals surface area contributed by atoms with Crippen LogP contribution in [0.5, 0.6) is 0 Å². The molecular formula is C21H26N2O5S. The first-order chi connectivity index (χ1) is 13.9. The van der Waals surface area contributed by atoms with Crippen molar-refractivity contribution in [2.45, 2.75) is 44.0 Å². The fourth-order valence-corrected chi connectivity index (χ4v) is 4.56. The molecule has 0 aliphatic heterocycles. The quantitative estimate of drug-likeness (QED) is 0.331. The van der Waals surface area contributed by atoms with E-state index in [4.69, 9.17) is 4.74 Å². The lowest BCUT2D eigenvalue weighted by molar-refractivity contribution is -0.137. The number of rotatable bonds is 11. The van der Waals surface area contributed by atoms with Gasteiger partial charge in [0.25, 0.3) is 0 Å². The summed E-state index contributed by atoms with van der Waals surface area (Å²) in [6.45, 7) is 3.97. The van der Waals surface area contributed by atoms with Crippen molar-refractivity contribution in [3.8, 4) is 0 Å². The van der Waals surface area contributed by atoms with Gasteiger partial charge in [-0.05, 0) is 31.9 Å². The van der Waals surface area contributed by atoms with Gasteiger partial charge in [-0.15, -0.1) is 0 Å². The van der Waals surface area contributed by atoms with Gasteiger partial charge in [-0.25, -0.2) is 17.9 Å². The highest BCUT2D eigenvalue weighted by molar-refractivity contribution is 7.89. The Morgan fingerprint density at radius 2 is 1.86 bits per heavy atom. The van der Waals surface area contributed by atoms with Crippen molar-refractivity contribution < 1.29 is 22.7 Å². The molecule has 0 spiro atoms. The standard InChI is InChI=1S/C21H26N2O5S/c1-3-8-16(9-7-12-21(25)28-4-2)23-29(26,27)20-14-13-19(22-15-24)17-10-5-6-11-18(17)20/h5-7,10-16,23H,3-4,8-9H2,1-2H3,(H,22,24)/b12-7+. The number of amides is 1. The predicted molar refractivity (Wildman–Crippen MR) is 113 cm³/mol. The van der Waals surface area contributed by atoms with Crippen molar-refractivity contribution >= 4 is 38.9 Å². The van der Waals surface area contributed by atoms with Crippen LogP contribution in [0.1, 0.15) is 33.1 Å². The molecule has 2 aromatic carbocycles. The number of benzene rings is 2. The highest BCUT2D eigenvalue weighted by atomic mass is 32.2. The van der Waals surface area contributed by atoms with Gasteiger partial charge in [-0.1, -0.05) is 43.7 Å². The van der Waals surface area contributed by atoms with Crippen LogP contribution in [0.2, 0.25) is 0 Å². The first kappa shape index (κ1) is 22.6. The molecule has 8 heteroatoms. The van der Waals surface area contributed by atoms with Crippen molar-refractivity contribution in [3.63, 3.8) is 0 Å². The van der Waals surface area contributed by atoms with Crippen molar-refractivity contribution in [1.29, 1.82) is 0 Å². The lowest BCUT2D eigenvalue weighted by Gasteiger charge is -2.18. The Balaban J connectivity index is 2.29. The number of ether oxygens (including phenoxy) is 1. The zero-order chi connectivity index (χ0) is 21.3. The molecule has 0 fully saturated rings. The van der Waals surface area contributed by atoms with Crippen LogP contribution in [0.4, 0.5) is 5.69 Å². The van der Waals surface area contributed by atoms with E-state index in [1.165, 1.54) is 12.1 Å². The molecule has 2 rings (SSSR count). The Labute approximate surface area is 171 Å². The van der Waals surface area contributed by atoms with Gasteiger partial charge in [-0.3, -0.25) is 4.79 Å². The van der Waals surface area contributed by atoms with E-state index < -0.39 is 16.0 Å². The smallest absolute Gasteiger partial charge is 0.330 e. The normalized spacial score (nSPS) is 12.8. The van der Waals surface area contributed by atoms with Gasteiger partial charge in [0.05, 0.1) is 11.5 Å². The molecule has 1 atom stereocenters. The number of anilines is 1. The SMILES string of the molecule is CCCC(C/C=C/C(=O)OCC)NS(=O)(=O)c1ccc(NC=O)c2ccccc12. The molecule has 1 amide bonds. The van der Waals surface area contributed by atoms with Crippen LogP contribution in [-0.2, 0) is 24.3 Å². The molecule has 2 N–H and O–H groups in total. The first-order valence-corrected chi connectivity index (χ1v) is 11.0. The van der Waals surface area contributed by atoms with E-state index in [9.17, 15) is 18.0 Å². The largest absolute Gasteiger partial charge is 0.463 e. The Morgan fingerprint density at radius 3 is 2.52 bits per heavy atom. The molecule has 7 nitrogen and oxygen atoms in total. The minimum absolute atomic E-state index is 0.139. The van der Waals surface area contributed by atoms with E-state index in [-0.39, 0.29) is 17.5 Å². The molecular weight excluding hydrogens is 392 g/mol. The Morgan fingerprint density at radius 1 is 1.14 bits per heavy atom. The highest BCUT2D eigenvalue weighted by Crippen LogP contribution is 2.29. The second-order valence-corrected chi connectivity index (χ2v) is 8.10. The van der Waals surface area contributed by atoms with Crippen LogP contribution >= 0.6 is 0 Å². The average Bonchev–Trinajstić information content (AvgIpc) is 2.68. The summed E-state index contributed by atoms with van der Waals surface area (Å²) in [4.78, 5) is 22.4. The molecule has 29 heavy (non-hydrogen) atoms. The molecule has 0 radical (unpaired) electrons. The third kappa shape index (κ3) is 6.13. The van der Waals surface area contributed by atoms with E-state index in [0.29, 0.717) is 35.7 Å². The summed E-state index contributed by atoms with van der Waals surface area (Å²) in [7, 11) is -3.82. The van der Waals surface area contributed by atoms with Crippen LogP contribution in [-0.4, -0.2) is 33.4 Å². The highest BCUT2D eigenvalue weighted by Gasteiger charge is 2.22. The summed E-state index contributed by atoms with van der Waals surface area (Å²) >= 11 is 0. The molecule has 156 valence electrons. The summed E-state index contributed by atoms with van der Waals surface area (Å²) < 4.78 is 33.7. The van der Waals surface area contributed by atoms with Crippen LogP contribution in [0.15, 0.2) is 53.4 Å². The number of carbonyl (C=O) groups excluding carboxylic acids is 2. The molecule has 0 aromatic heterocycles. The molecule has 2 aromatic rings. The van der Waals surface area contributed by atoms with Gasteiger partial charge >= 0.3 is 5.97 Å². The maximum Gasteiger partial charge on any atom is 0.330 e. The molecule has 0 aliphatic carbocycles. The molecule has 0 saturated heterocycles. The fraction of sp³-hybridized carbons (Fsp3) is 0.333. The zero-order valence-electron chi connectivity index (χ0n) is 16.6. The number of sulfonamides is 1. The molecule has 0 bridgehead atoms. The molecule has 0 saturated carbocycles. The number of hydrogen-bond acceptors (Lipinski definition) is 5. The average molecular weight is 419 g/mol. The van der Waals surface area contributed by atoms with Gasteiger partial charge in [0.1, 0.15) is 0 Å². The van der Waals surface area contributed by atoms with Crippen molar-refractivity contribution in [2.24, 2.45) is 0 Å². The summed E-state index contributed by atoms with van der Waals surface area (Å²) in [5, 5.41) is 3.74. The topological polar surface area (TPSA) is 102 Å². The number of carbonyl (C=O) groups is 2. The van der Waals surface area contributed by atoms with Gasteiger partial charge < -0.3 is 10.1 Å².